The number of nitrogens with zero attached hydrogens (tertiary/aromatic N) is 3. The van der Waals surface area contributed by atoms with E-state index in [1.807, 2.05) is 48.5 Å². The summed E-state index contributed by atoms with van der Waals surface area (Å²) in [6, 6.07) is 22.8. The molecular weight excluding hydrogens is 610 g/mol. The third kappa shape index (κ3) is 7.17. The fourth-order valence-electron chi connectivity index (χ4n) is 3.21. The highest BCUT2D eigenvalue weighted by atomic mass is 79.9. The lowest BCUT2D eigenvalue weighted by atomic mass is 10.2. The van der Waals surface area contributed by atoms with E-state index in [4.69, 9.17) is 0 Å². The predicted molar refractivity (Wildman–Crippen MR) is 157 cm³/mol. The molecule has 0 fully saturated rings. The van der Waals surface area contributed by atoms with Crippen LogP contribution in [0, 0.1) is 0 Å². The molecule has 0 spiro atoms. The van der Waals surface area contributed by atoms with Crippen molar-refractivity contribution >= 4 is 95.0 Å². The van der Waals surface area contributed by atoms with Crippen molar-refractivity contribution < 1.29 is 9.59 Å². The van der Waals surface area contributed by atoms with Crippen molar-refractivity contribution in [3.63, 3.8) is 0 Å². The molecule has 0 saturated heterocycles. The minimum atomic E-state index is -0.167. The lowest BCUT2D eigenvalue weighted by Crippen LogP contribution is -2.13. The minimum absolute atomic E-state index is 0.165. The van der Waals surface area contributed by atoms with Gasteiger partial charge in [0.05, 0.1) is 16.0 Å². The number of hydrogen-bond acceptors (Lipinski definition) is 9. The van der Waals surface area contributed by atoms with Crippen LogP contribution in [0.1, 0.15) is 15.9 Å². The van der Waals surface area contributed by atoms with E-state index in [1.54, 1.807) is 23.9 Å². The number of halogens is 1. The molecule has 0 radical (unpaired) electrons. The number of amides is 2. The van der Waals surface area contributed by atoms with Gasteiger partial charge in [0.25, 0.3) is 5.91 Å². The van der Waals surface area contributed by atoms with E-state index in [0.29, 0.717) is 16.4 Å². The fraction of sp³-hybridized carbons (Fsp3) is 0.0800. The Hall–Kier alpha value is -2.77. The second-order valence-corrected chi connectivity index (χ2v) is 13.0. The standard InChI is InChI=1S/C25H18BrN5O2S4/c26-17-8-4-5-15(11-17)13-34-25-31-30-23(37-25)29-21(32)14-35-24-28-19-10-9-18(12-20(19)36-24)27-22(33)16-6-2-1-3-7-16/h1-12H,13-14H2,(H,27,33)(H,29,30,32). The third-order valence-electron chi connectivity index (χ3n) is 4.89. The van der Waals surface area contributed by atoms with Crippen LogP contribution < -0.4 is 10.6 Å². The van der Waals surface area contributed by atoms with Gasteiger partial charge < -0.3 is 5.32 Å². The highest BCUT2D eigenvalue weighted by Crippen LogP contribution is 2.32. The molecule has 0 aliphatic carbocycles. The van der Waals surface area contributed by atoms with Crippen LogP contribution in [0.2, 0.25) is 0 Å². The summed E-state index contributed by atoms with van der Waals surface area (Å²) in [4.78, 5) is 29.5. The molecule has 2 N–H and O–H groups in total. The molecule has 2 amide bonds. The third-order valence-corrected chi connectivity index (χ3v) is 9.59. The van der Waals surface area contributed by atoms with E-state index >= 15 is 0 Å². The summed E-state index contributed by atoms with van der Waals surface area (Å²) in [6.45, 7) is 0. The number of rotatable bonds is 9. The van der Waals surface area contributed by atoms with Crippen LogP contribution in [-0.4, -0.2) is 32.7 Å². The fourth-order valence-corrected chi connectivity index (χ4v) is 7.27. The number of hydrogen-bond donors (Lipinski definition) is 2. The van der Waals surface area contributed by atoms with Gasteiger partial charge in [-0.2, -0.15) is 0 Å². The van der Waals surface area contributed by atoms with Gasteiger partial charge >= 0.3 is 0 Å². The Kier molecular flexibility index (Phi) is 8.52. The minimum Gasteiger partial charge on any atom is -0.322 e. The van der Waals surface area contributed by atoms with E-state index in [9.17, 15) is 9.59 Å². The lowest BCUT2D eigenvalue weighted by molar-refractivity contribution is -0.113. The molecule has 186 valence electrons. The van der Waals surface area contributed by atoms with Crippen LogP contribution >= 0.6 is 62.1 Å². The van der Waals surface area contributed by atoms with E-state index in [0.717, 1.165) is 29.1 Å². The molecule has 5 rings (SSSR count). The summed E-state index contributed by atoms with van der Waals surface area (Å²) in [5.74, 6) is 0.645. The van der Waals surface area contributed by atoms with E-state index < -0.39 is 0 Å². The van der Waals surface area contributed by atoms with Gasteiger partial charge in [0.15, 0.2) is 8.68 Å². The summed E-state index contributed by atoms with van der Waals surface area (Å²) in [5, 5.41) is 14.4. The molecule has 3 aromatic carbocycles. The Bertz CT molecular complexity index is 1560. The Morgan fingerprint density at radius 2 is 1.73 bits per heavy atom. The molecule has 5 aromatic rings. The molecular formula is C25H18BrN5O2S4. The van der Waals surface area contributed by atoms with Crippen molar-refractivity contribution in [3.05, 3.63) is 88.4 Å². The van der Waals surface area contributed by atoms with Gasteiger partial charge in [-0.05, 0) is 48.0 Å². The average molecular weight is 629 g/mol. The first-order chi connectivity index (χ1) is 18.0. The quantitative estimate of drug-likeness (QED) is 0.132. The number of thiazole rings is 1. The van der Waals surface area contributed by atoms with Crippen molar-refractivity contribution in [1.29, 1.82) is 0 Å². The maximum atomic E-state index is 12.5. The van der Waals surface area contributed by atoms with Crippen LogP contribution in [0.25, 0.3) is 10.2 Å². The summed E-state index contributed by atoms with van der Waals surface area (Å²) >= 11 is 9.25. The molecule has 0 aliphatic heterocycles. The number of aromatic nitrogens is 3. The van der Waals surface area contributed by atoms with E-state index in [1.165, 1.54) is 40.0 Å². The summed E-state index contributed by atoms with van der Waals surface area (Å²) in [7, 11) is 0. The van der Waals surface area contributed by atoms with Gasteiger partial charge in [0.2, 0.25) is 11.0 Å². The van der Waals surface area contributed by atoms with Crippen LogP contribution in [0.15, 0.2) is 85.9 Å². The van der Waals surface area contributed by atoms with Crippen LogP contribution in [0.5, 0.6) is 0 Å². The van der Waals surface area contributed by atoms with Gasteiger partial charge in [-0.1, -0.05) is 81.1 Å². The molecule has 12 heteroatoms. The molecule has 0 unspecified atom stereocenters. The number of carbonyl (C=O) groups excluding carboxylic acids is 2. The Labute approximate surface area is 237 Å². The van der Waals surface area contributed by atoms with Crippen molar-refractivity contribution in [2.75, 3.05) is 16.4 Å². The maximum Gasteiger partial charge on any atom is 0.255 e. The topological polar surface area (TPSA) is 96.9 Å². The number of carbonyl (C=O) groups is 2. The zero-order valence-corrected chi connectivity index (χ0v) is 23.9. The largest absolute Gasteiger partial charge is 0.322 e. The van der Waals surface area contributed by atoms with Crippen LogP contribution in [-0.2, 0) is 10.5 Å². The van der Waals surface area contributed by atoms with Crippen LogP contribution in [0.4, 0.5) is 10.8 Å². The highest BCUT2D eigenvalue weighted by molar-refractivity contribution is 9.10. The second kappa shape index (κ2) is 12.2. The summed E-state index contributed by atoms with van der Waals surface area (Å²) in [5.41, 5.74) is 3.30. The molecule has 2 heterocycles. The van der Waals surface area contributed by atoms with E-state index in [-0.39, 0.29) is 17.6 Å². The van der Waals surface area contributed by atoms with Crippen molar-refractivity contribution in [2.24, 2.45) is 0 Å². The molecule has 37 heavy (non-hydrogen) atoms. The first kappa shape index (κ1) is 25.9. The Balaban J connectivity index is 1.12. The Morgan fingerprint density at radius 1 is 0.865 bits per heavy atom. The predicted octanol–water partition coefficient (Wildman–Crippen LogP) is 7.19. The van der Waals surface area contributed by atoms with Gasteiger partial charge in [0.1, 0.15) is 0 Å². The normalized spacial score (nSPS) is 10.9. The van der Waals surface area contributed by atoms with Crippen molar-refractivity contribution in [1.82, 2.24) is 15.2 Å². The zero-order chi connectivity index (χ0) is 25.6. The average Bonchev–Trinajstić information content (AvgIpc) is 3.53. The highest BCUT2D eigenvalue weighted by Gasteiger charge is 2.13. The van der Waals surface area contributed by atoms with Gasteiger partial charge in [0, 0.05) is 21.5 Å². The molecule has 0 saturated carbocycles. The van der Waals surface area contributed by atoms with Crippen molar-refractivity contribution in [3.8, 4) is 0 Å². The number of nitrogens with one attached hydrogen (secondary N) is 2. The first-order valence-electron chi connectivity index (χ1n) is 10.9. The maximum absolute atomic E-state index is 12.5. The van der Waals surface area contributed by atoms with Crippen LogP contribution in [0.3, 0.4) is 0 Å². The number of anilines is 2. The number of benzene rings is 3. The van der Waals surface area contributed by atoms with Gasteiger partial charge in [-0.3, -0.25) is 14.9 Å². The number of thioether (sulfide) groups is 2. The monoisotopic (exact) mass is 627 g/mol. The summed E-state index contributed by atoms with van der Waals surface area (Å²) < 4.78 is 3.55. The van der Waals surface area contributed by atoms with Crippen molar-refractivity contribution in [2.45, 2.75) is 14.4 Å². The first-order valence-corrected chi connectivity index (χ1v) is 15.3. The molecule has 7 nitrogen and oxygen atoms in total. The lowest BCUT2D eigenvalue weighted by Gasteiger charge is -2.04. The number of fused-ring (bicyclic) bond motifs is 1. The van der Waals surface area contributed by atoms with E-state index in [2.05, 4.69) is 53.9 Å². The SMILES string of the molecule is O=C(CSc1nc2ccc(NC(=O)c3ccccc3)cc2s1)Nc1nnc(SCc2cccc(Br)c2)s1. The molecule has 0 atom stereocenters. The smallest absolute Gasteiger partial charge is 0.255 e. The molecule has 2 aromatic heterocycles. The zero-order valence-electron chi connectivity index (χ0n) is 19.0. The molecule has 0 aliphatic rings. The Morgan fingerprint density at radius 3 is 2.57 bits per heavy atom. The second-order valence-electron chi connectivity index (χ2n) is 7.61. The van der Waals surface area contributed by atoms with Gasteiger partial charge in [-0.15, -0.1) is 21.5 Å². The van der Waals surface area contributed by atoms with Gasteiger partial charge in [-0.25, -0.2) is 4.98 Å². The molecule has 0 bridgehead atoms. The summed E-state index contributed by atoms with van der Waals surface area (Å²) in [6.07, 6.45) is 0.